The summed E-state index contributed by atoms with van der Waals surface area (Å²) in [5.74, 6) is 0.211. The molecule has 0 aliphatic carbocycles. The maximum atomic E-state index is 8.81. The molecule has 0 saturated carbocycles. The van der Waals surface area contributed by atoms with E-state index in [0.29, 0.717) is 22.3 Å². The predicted octanol–water partition coefficient (Wildman–Crippen LogP) is 12.0. The lowest BCUT2D eigenvalue weighted by Gasteiger charge is -2.19. The van der Waals surface area contributed by atoms with E-state index >= 15 is 0 Å². The molecule has 220 valence electrons. The van der Waals surface area contributed by atoms with Gasteiger partial charge in [0.05, 0.1) is 24.7 Å². The van der Waals surface area contributed by atoms with E-state index < -0.39 is 36.3 Å². The largest absolute Gasteiger partial charge is 0.292 e. The van der Waals surface area contributed by atoms with Crippen LogP contribution in [0, 0.1) is 0 Å². The zero-order valence-electron chi connectivity index (χ0n) is 34.9. The molecule has 0 atom stereocenters. The molecule has 0 spiro atoms. The number of imidazole rings is 1. The first-order chi connectivity index (χ1) is 27.5. The van der Waals surface area contributed by atoms with Crippen LogP contribution in [0.15, 0.2) is 182 Å². The molecule has 9 rings (SSSR count). The molecule has 0 fully saturated rings. The first-order valence-corrected chi connectivity index (χ1v) is 15.2. The zero-order valence-corrected chi connectivity index (χ0v) is 24.9. The maximum absolute atomic E-state index is 8.81. The van der Waals surface area contributed by atoms with E-state index in [9.17, 15) is 0 Å². The molecule has 8 aromatic carbocycles. The Hall–Kier alpha value is -6.25. The van der Waals surface area contributed by atoms with Crippen LogP contribution in [0.5, 0.6) is 0 Å². The molecule has 47 heavy (non-hydrogen) atoms. The smallest absolute Gasteiger partial charge is 0.145 e. The number of hydrogen-bond acceptors (Lipinski definition) is 1. The highest BCUT2D eigenvalue weighted by atomic mass is 15.1. The minimum Gasteiger partial charge on any atom is -0.292 e. The monoisotopic (exact) mass is 608 g/mol. The molecular weight excluding hydrogens is 569 g/mol. The maximum Gasteiger partial charge on any atom is 0.145 e. The molecule has 2 nitrogen and oxygen atoms in total. The molecule has 0 radical (unpaired) electrons. The van der Waals surface area contributed by atoms with Gasteiger partial charge in [-0.1, -0.05) is 151 Å². The minimum atomic E-state index is -0.481. The van der Waals surface area contributed by atoms with Crippen molar-refractivity contribution in [3.63, 3.8) is 0 Å². The topological polar surface area (TPSA) is 17.8 Å². The van der Waals surface area contributed by atoms with Gasteiger partial charge in [-0.15, -0.1) is 0 Å². The number of fused-ring (bicyclic) bond motifs is 3. The van der Waals surface area contributed by atoms with Gasteiger partial charge in [0.15, 0.2) is 0 Å². The van der Waals surface area contributed by atoms with E-state index in [0.717, 1.165) is 43.8 Å². The lowest BCUT2D eigenvalue weighted by molar-refractivity contribution is 1.10. The van der Waals surface area contributed by atoms with Gasteiger partial charge in [0.25, 0.3) is 0 Å². The fourth-order valence-electron chi connectivity index (χ4n) is 6.57. The van der Waals surface area contributed by atoms with Crippen molar-refractivity contribution in [1.82, 2.24) is 9.55 Å². The second-order valence-electron chi connectivity index (χ2n) is 11.2. The van der Waals surface area contributed by atoms with Crippen LogP contribution in [0.2, 0.25) is 0 Å². The lowest BCUT2D eigenvalue weighted by atomic mass is 9.85. The van der Waals surface area contributed by atoms with Gasteiger partial charge in [0.1, 0.15) is 5.82 Å². The summed E-state index contributed by atoms with van der Waals surface area (Å²) in [6.45, 7) is 0. The van der Waals surface area contributed by atoms with E-state index in [1.165, 1.54) is 0 Å². The third-order valence-electron chi connectivity index (χ3n) is 8.55. The van der Waals surface area contributed by atoms with Crippen molar-refractivity contribution in [1.29, 1.82) is 0 Å². The Labute approximate surface area is 287 Å². The molecule has 0 amide bonds. The highest BCUT2D eigenvalue weighted by molar-refractivity contribution is 6.22. The third kappa shape index (κ3) is 4.62. The van der Waals surface area contributed by atoms with Crippen LogP contribution in [-0.4, -0.2) is 9.55 Å². The summed E-state index contributed by atoms with van der Waals surface area (Å²) in [6.07, 6.45) is 0. The Morgan fingerprint density at radius 2 is 1.04 bits per heavy atom. The Balaban J connectivity index is 1.36. The lowest BCUT2D eigenvalue weighted by Crippen LogP contribution is -1.98. The van der Waals surface area contributed by atoms with Crippen molar-refractivity contribution in [2.75, 3.05) is 0 Å². The molecule has 0 saturated heterocycles. The van der Waals surface area contributed by atoms with Gasteiger partial charge in [0, 0.05) is 11.3 Å². The zero-order chi connectivity index (χ0) is 39.9. The predicted molar refractivity (Wildman–Crippen MR) is 198 cm³/mol. The van der Waals surface area contributed by atoms with Crippen molar-refractivity contribution in [3.05, 3.63) is 182 Å². The summed E-state index contributed by atoms with van der Waals surface area (Å²) in [4.78, 5) is 4.84. The molecule has 1 aromatic heterocycles. The van der Waals surface area contributed by atoms with Crippen LogP contribution in [0.25, 0.3) is 83.0 Å². The molecule has 0 aliphatic rings. The van der Waals surface area contributed by atoms with Crippen LogP contribution in [-0.2, 0) is 0 Å². The van der Waals surface area contributed by atoms with Crippen LogP contribution in [0.1, 0.15) is 13.7 Å². The highest BCUT2D eigenvalue weighted by Gasteiger charge is 2.19. The van der Waals surface area contributed by atoms with E-state index in [2.05, 4.69) is 12.1 Å². The Bertz CT molecular complexity index is 3080. The molecule has 0 N–H and O–H groups in total. The number of hydrogen-bond donors (Lipinski definition) is 0. The molecular formula is C45H30N2. The van der Waals surface area contributed by atoms with E-state index in [1.807, 2.05) is 108 Å². The van der Waals surface area contributed by atoms with Crippen molar-refractivity contribution in [3.8, 4) is 50.5 Å². The second-order valence-corrected chi connectivity index (χ2v) is 11.2. The van der Waals surface area contributed by atoms with Crippen LogP contribution >= 0.6 is 0 Å². The normalized spacial score (nSPS) is 14.4. The van der Waals surface area contributed by atoms with Crippen molar-refractivity contribution < 1.29 is 13.7 Å². The fraction of sp³-hybridized carbons (Fsp3) is 0. The number of nitrogens with zero attached hydrogens (tertiary/aromatic N) is 2. The van der Waals surface area contributed by atoms with Gasteiger partial charge >= 0.3 is 0 Å². The summed E-state index contributed by atoms with van der Waals surface area (Å²) in [5, 5.41) is 3.58. The summed E-state index contributed by atoms with van der Waals surface area (Å²) in [6, 6.07) is 35.0. The highest BCUT2D eigenvalue weighted by Crippen LogP contribution is 2.45. The average Bonchev–Trinajstić information content (AvgIpc) is 3.62. The van der Waals surface area contributed by atoms with E-state index in [1.54, 1.807) is 6.07 Å². The molecule has 0 bridgehead atoms. The molecule has 2 heteroatoms. The van der Waals surface area contributed by atoms with Gasteiger partial charge in [-0.3, -0.25) is 4.57 Å². The third-order valence-corrected chi connectivity index (χ3v) is 8.55. The van der Waals surface area contributed by atoms with Gasteiger partial charge in [-0.05, 0) is 85.3 Å². The number of rotatable bonds is 5. The van der Waals surface area contributed by atoms with E-state index in [-0.39, 0.29) is 41.1 Å². The van der Waals surface area contributed by atoms with Gasteiger partial charge in [0.2, 0.25) is 0 Å². The summed E-state index contributed by atoms with van der Waals surface area (Å²) in [7, 11) is 0. The van der Waals surface area contributed by atoms with Crippen molar-refractivity contribution in [2.45, 2.75) is 0 Å². The van der Waals surface area contributed by atoms with Gasteiger partial charge < -0.3 is 0 Å². The standard InChI is InChI=1S/C45H30N2/c1-4-15-31(16-5-1)34-27-28-39-40(30-34)43(32-17-6-2-7-18-32)37-23-10-11-24-38(37)44(39)35-21-14-22-36(29-35)47-42-26-13-12-25-41(42)46-45(47)33-19-8-3-9-20-33/h1-30H/i1D,3D,4D,5D,8D,9D,15D,16D,19D,20D. The van der Waals surface area contributed by atoms with Crippen LogP contribution < -0.4 is 0 Å². The number of para-hydroxylation sites is 2. The summed E-state index contributed by atoms with van der Waals surface area (Å²) >= 11 is 0. The van der Waals surface area contributed by atoms with E-state index in [4.69, 9.17) is 18.7 Å². The van der Waals surface area contributed by atoms with Crippen molar-refractivity contribution in [2.24, 2.45) is 0 Å². The van der Waals surface area contributed by atoms with Gasteiger partial charge in [-0.2, -0.15) is 0 Å². The Morgan fingerprint density at radius 3 is 1.81 bits per heavy atom. The Kier molecular flexibility index (Phi) is 4.48. The first-order valence-electron chi connectivity index (χ1n) is 20.2. The average molecular weight is 609 g/mol. The minimum absolute atomic E-state index is 0.00843. The fourth-order valence-corrected chi connectivity index (χ4v) is 6.57. The molecule has 1 heterocycles. The van der Waals surface area contributed by atoms with Crippen LogP contribution in [0.3, 0.4) is 0 Å². The second kappa shape index (κ2) is 11.3. The molecule has 0 unspecified atom stereocenters. The Morgan fingerprint density at radius 1 is 0.426 bits per heavy atom. The molecule has 9 aromatic rings. The first kappa shape index (κ1) is 18.7. The molecule has 0 aliphatic heterocycles. The van der Waals surface area contributed by atoms with Crippen LogP contribution in [0.4, 0.5) is 0 Å². The SMILES string of the molecule is [2H]c1c([2H])c([2H])c(-c2ccc3c(-c4cccc(-n5c(-c6c([2H])c([2H])c([2H])c([2H])c6[2H])nc6ccccc65)c4)c4ccccc4c(-c4ccccc4)c3c2)c([2H])c1[2H]. The van der Waals surface area contributed by atoms with Gasteiger partial charge in [-0.25, -0.2) is 4.98 Å². The quantitative estimate of drug-likeness (QED) is 0.178. The number of aromatic nitrogens is 2. The number of benzene rings is 8. The van der Waals surface area contributed by atoms with Crippen molar-refractivity contribution >= 4 is 32.6 Å². The summed E-state index contributed by atoms with van der Waals surface area (Å²) in [5.41, 5.74) is 6.13. The summed E-state index contributed by atoms with van der Waals surface area (Å²) < 4.78 is 86.9.